The summed E-state index contributed by atoms with van der Waals surface area (Å²) in [5, 5.41) is 17.8. The van der Waals surface area contributed by atoms with Gasteiger partial charge in [-0.2, -0.15) is 0 Å². The molecule has 1 aliphatic carbocycles. The third kappa shape index (κ3) is 5.26. The molecule has 0 radical (unpaired) electrons. The van der Waals surface area contributed by atoms with Gasteiger partial charge in [0.2, 0.25) is 5.95 Å². The fraction of sp³-hybridized carbons (Fsp3) is 0.318. The molecule has 0 saturated heterocycles. The molecule has 0 aliphatic heterocycles. The standard InChI is InChI=1S/C22H21Cl2N5O4/c23-17-7-6-13(8-18(17)24)26-22-27-19-15(20(30)25-11-12-4-2-1-3-5-12)9-14(29(32)33)10-16(19)21(31)28-22/h6-10,12H,1-5,11H2,(H,25,30)(H2,26,27,28,31). The van der Waals surface area contributed by atoms with Gasteiger partial charge in [-0.05, 0) is 37.0 Å². The molecule has 1 amide bonds. The second-order valence-corrected chi connectivity index (χ2v) is 8.84. The molecule has 1 heterocycles. The normalized spacial score (nSPS) is 14.2. The Morgan fingerprint density at radius 3 is 2.61 bits per heavy atom. The Morgan fingerprint density at radius 1 is 1.15 bits per heavy atom. The summed E-state index contributed by atoms with van der Waals surface area (Å²) in [5.74, 6) is -0.0789. The van der Waals surface area contributed by atoms with E-state index in [4.69, 9.17) is 23.2 Å². The highest BCUT2D eigenvalue weighted by Crippen LogP contribution is 2.28. The van der Waals surface area contributed by atoms with Gasteiger partial charge < -0.3 is 10.6 Å². The summed E-state index contributed by atoms with van der Waals surface area (Å²) in [6.07, 6.45) is 5.51. The molecule has 1 aromatic heterocycles. The first-order chi connectivity index (χ1) is 15.8. The molecular formula is C22H21Cl2N5O4. The number of amides is 1. The molecule has 4 rings (SSSR count). The molecule has 1 fully saturated rings. The Labute approximate surface area is 198 Å². The van der Waals surface area contributed by atoms with Crippen LogP contribution in [0, 0.1) is 16.0 Å². The van der Waals surface area contributed by atoms with Gasteiger partial charge in [-0.1, -0.05) is 42.5 Å². The molecule has 0 atom stereocenters. The van der Waals surface area contributed by atoms with Gasteiger partial charge in [0.05, 0.1) is 31.4 Å². The summed E-state index contributed by atoms with van der Waals surface area (Å²) >= 11 is 12.0. The number of nitro groups is 1. The van der Waals surface area contributed by atoms with Gasteiger partial charge in [-0.3, -0.25) is 24.7 Å². The Kier molecular flexibility index (Phi) is 6.80. The maximum atomic E-state index is 13.0. The molecule has 33 heavy (non-hydrogen) atoms. The quantitative estimate of drug-likeness (QED) is 0.322. The zero-order valence-corrected chi connectivity index (χ0v) is 19.0. The highest BCUT2D eigenvalue weighted by atomic mass is 35.5. The Morgan fingerprint density at radius 2 is 1.91 bits per heavy atom. The number of benzene rings is 2. The van der Waals surface area contributed by atoms with Crippen molar-refractivity contribution in [2.45, 2.75) is 32.1 Å². The largest absolute Gasteiger partial charge is 0.352 e. The second kappa shape index (κ2) is 9.76. The van der Waals surface area contributed by atoms with Crippen LogP contribution in [0.15, 0.2) is 35.1 Å². The minimum atomic E-state index is -0.640. The number of aromatic nitrogens is 2. The van der Waals surface area contributed by atoms with Crippen molar-refractivity contribution in [3.63, 3.8) is 0 Å². The van der Waals surface area contributed by atoms with E-state index in [-0.39, 0.29) is 28.1 Å². The number of anilines is 2. The Balaban J connectivity index is 1.71. The van der Waals surface area contributed by atoms with E-state index in [1.807, 2.05) is 0 Å². The summed E-state index contributed by atoms with van der Waals surface area (Å²) < 4.78 is 0. The van der Waals surface area contributed by atoms with Crippen molar-refractivity contribution in [2.24, 2.45) is 5.92 Å². The maximum Gasteiger partial charge on any atom is 0.271 e. The van der Waals surface area contributed by atoms with Crippen molar-refractivity contribution in [3.05, 3.63) is 66.4 Å². The molecule has 172 valence electrons. The fourth-order valence-electron chi connectivity index (χ4n) is 4.00. The van der Waals surface area contributed by atoms with Crippen LogP contribution in [0.25, 0.3) is 10.9 Å². The molecule has 2 aromatic carbocycles. The number of nitrogens with one attached hydrogen (secondary N) is 3. The van der Waals surface area contributed by atoms with Crippen LogP contribution in [0.5, 0.6) is 0 Å². The molecule has 0 unspecified atom stereocenters. The van der Waals surface area contributed by atoms with Crippen LogP contribution in [-0.2, 0) is 0 Å². The lowest BCUT2D eigenvalue weighted by atomic mass is 9.89. The zero-order chi connectivity index (χ0) is 23.5. The van der Waals surface area contributed by atoms with E-state index in [0.29, 0.717) is 28.2 Å². The van der Waals surface area contributed by atoms with Crippen molar-refractivity contribution in [2.75, 3.05) is 11.9 Å². The highest BCUT2D eigenvalue weighted by Gasteiger charge is 2.22. The van der Waals surface area contributed by atoms with Crippen molar-refractivity contribution < 1.29 is 9.72 Å². The van der Waals surface area contributed by atoms with Crippen LogP contribution in [0.2, 0.25) is 10.0 Å². The maximum absolute atomic E-state index is 13.0. The number of aromatic amines is 1. The topological polar surface area (TPSA) is 130 Å². The molecule has 1 aliphatic rings. The van der Waals surface area contributed by atoms with Crippen LogP contribution in [0.4, 0.5) is 17.3 Å². The highest BCUT2D eigenvalue weighted by molar-refractivity contribution is 6.42. The van der Waals surface area contributed by atoms with E-state index >= 15 is 0 Å². The van der Waals surface area contributed by atoms with Gasteiger partial charge in [0, 0.05) is 24.4 Å². The Hall–Kier alpha value is -3.17. The van der Waals surface area contributed by atoms with Gasteiger partial charge in [0.1, 0.15) is 0 Å². The van der Waals surface area contributed by atoms with Crippen LogP contribution < -0.4 is 16.2 Å². The first-order valence-corrected chi connectivity index (χ1v) is 11.3. The summed E-state index contributed by atoms with van der Waals surface area (Å²) in [7, 11) is 0. The molecule has 0 bridgehead atoms. The van der Waals surface area contributed by atoms with E-state index in [1.54, 1.807) is 18.2 Å². The third-order valence-corrected chi connectivity index (χ3v) is 6.45. The number of nitrogens with zero attached hydrogens (tertiary/aromatic N) is 2. The summed E-state index contributed by atoms with van der Waals surface area (Å²) in [6, 6.07) is 7.04. The van der Waals surface area contributed by atoms with E-state index in [9.17, 15) is 19.7 Å². The van der Waals surface area contributed by atoms with Gasteiger partial charge in [0.15, 0.2) is 0 Å². The minimum absolute atomic E-state index is 0.0294. The van der Waals surface area contributed by atoms with Gasteiger partial charge >= 0.3 is 0 Å². The number of nitro benzene ring substituents is 1. The SMILES string of the molecule is O=C(NCC1CCCCC1)c1cc([N+](=O)[O-])cc2c(=O)[nH]c(Nc3ccc(Cl)c(Cl)c3)nc12. The smallest absolute Gasteiger partial charge is 0.271 e. The predicted molar refractivity (Wildman–Crippen MR) is 128 cm³/mol. The monoisotopic (exact) mass is 489 g/mol. The lowest BCUT2D eigenvalue weighted by Gasteiger charge is -2.21. The number of halogens is 2. The van der Waals surface area contributed by atoms with E-state index in [2.05, 4.69) is 20.6 Å². The lowest BCUT2D eigenvalue weighted by molar-refractivity contribution is -0.384. The summed E-state index contributed by atoms with van der Waals surface area (Å²) in [5.41, 5.74) is -0.432. The second-order valence-electron chi connectivity index (χ2n) is 8.03. The summed E-state index contributed by atoms with van der Waals surface area (Å²) in [4.78, 5) is 43.4. The summed E-state index contributed by atoms with van der Waals surface area (Å²) in [6.45, 7) is 0.473. The van der Waals surface area contributed by atoms with Crippen molar-refractivity contribution in [1.82, 2.24) is 15.3 Å². The number of fused-ring (bicyclic) bond motifs is 1. The van der Waals surface area contributed by atoms with Gasteiger partial charge in [-0.15, -0.1) is 0 Å². The van der Waals surface area contributed by atoms with E-state index in [0.717, 1.165) is 37.8 Å². The number of carbonyl (C=O) groups is 1. The third-order valence-electron chi connectivity index (χ3n) is 5.71. The molecule has 9 nitrogen and oxygen atoms in total. The average Bonchev–Trinajstić information content (AvgIpc) is 2.80. The van der Waals surface area contributed by atoms with E-state index in [1.165, 1.54) is 6.42 Å². The molecule has 11 heteroatoms. The van der Waals surface area contributed by atoms with Crippen molar-refractivity contribution in [1.29, 1.82) is 0 Å². The van der Waals surface area contributed by atoms with E-state index < -0.39 is 16.4 Å². The predicted octanol–water partition coefficient (Wildman–Crippen LogP) is 5.19. The lowest BCUT2D eigenvalue weighted by Crippen LogP contribution is -2.30. The molecule has 1 saturated carbocycles. The van der Waals surface area contributed by atoms with Crippen molar-refractivity contribution in [3.8, 4) is 0 Å². The first kappa shape index (κ1) is 23.0. The molecule has 0 spiro atoms. The number of non-ortho nitro benzene ring substituents is 1. The van der Waals surface area contributed by atoms with Crippen molar-refractivity contribution >= 4 is 57.3 Å². The average molecular weight is 490 g/mol. The number of hydrogen-bond donors (Lipinski definition) is 3. The van der Waals surface area contributed by atoms with Gasteiger partial charge in [-0.25, -0.2) is 4.98 Å². The fourth-order valence-corrected chi connectivity index (χ4v) is 4.30. The molecule has 3 aromatic rings. The van der Waals surface area contributed by atoms with Crippen LogP contribution in [0.1, 0.15) is 42.5 Å². The number of carbonyl (C=O) groups excluding carboxylic acids is 1. The van der Waals surface area contributed by atoms with Crippen LogP contribution >= 0.6 is 23.2 Å². The van der Waals surface area contributed by atoms with Crippen LogP contribution in [0.3, 0.4) is 0 Å². The number of hydrogen-bond acceptors (Lipinski definition) is 6. The van der Waals surface area contributed by atoms with Gasteiger partial charge in [0.25, 0.3) is 17.2 Å². The number of H-pyrrole nitrogens is 1. The first-order valence-electron chi connectivity index (χ1n) is 10.5. The zero-order valence-electron chi connectivity index (χ0n) is 17.5. The minimum Gasteiger partial charge on any atom is -0.352 e. The molecular weight excluding hydrogens is 469 g/mol. The number of rotatable bonds is 6. The van der Waals surface area contributed by atoms with Crippen LogP contribution in [-0.4, -0.2) is 27.3 Å². The Bertz CT molecular complexity index is 1290. The molecule has 3 N–H and O–H groups in total.